The summed E-state index contributed by atoms with van der Waals surface area (Å²) >= 11 is 0. The summed E-state index contributed by atoms with van der Waals surface area (Å²) in [6.07, 6.45) is 4.45. The molecule has 1 N–H and O–H groups in total. The van der Waals surface area contributed by atoms with Gasteiger partial charge in [-0.3, -0.25) is 9.88 Å². The summed E-state index contributed by atoms with van der Waals surface area (Å²) in [6.45, 7) is 4.51. The first-order valence-electron chi connectivity index (χ1n) is 6.12. The second kappa shape index (κ2) is 5.41. The van der Waals surface area contributed by atoms with Crippen molar-refractivity contribution in [2.24, 2.45) is 0 Å². The number of rotatable bonds is 3. The van der Waals surface area contributed by atoms with Crippen molar-refractivity contribution in [3.05, 3.63) is 30.1 Å². The zero-order valence-corrected chi connectivity index (χ0v) is 10.2. The molecule has 1 aromatic heterocycles. The highest BCUT2D eigenvalue weighted by atomic mass is 15.2. The van der Waals surface area contributed by atoms with Crippen LogP contribution < -0.4 is 5.32 Å². The maximum atomic E-state index is 4.43. The average molecular weight is 219 g/mol. The number of hydrogen-bond donors (Lipinski definition) is 1. The quantitative estimate of drug-likeness (QED) is 0.840. The van der Waals surface area contributed by atoms with E-state index < -0.39 is 0 Å². The molecule has 3 nitrogen and oxygen atoms in total. The van der Waals surface area contributed by atoms with E-state index in [9.17, 15) is 0 Å². The number of nitrogens with one attached hydrogen (secondary N) is 1. The topological polar surface area (TPSA) is 28.2 Å². The maximum absolute atomic E-state index is 4.43. The molecule has 1 saturated heterocycles. The van der Waals surface area contributed by atoms with Gasteiger partial charge in [-0.05, 0) is 45.5 Å². The molecule has 0 spiro atoms. The molecule has 2 rings (SSSR count). The molecule has 1 unspecified atom stereocenters. The zero-order chi connectivity index (χ0) is 11.4. The van der Waals surface area contributed by atoms with Gasteiger partial charge >= 0.3 is 0 Å². The Morgan fingerprint density at radius 1 is 1.50 bits per heavy atom. The van der Waals surface area contributed by atoms with E-state index in [4.69, 9.17) is 0 Å². The molecule has 0 bridgehead atoms. The lowest BCUT2D eigenvalue weighted by molar-refractivity contribution is 0.154. The van der Waals surface area contributed by atoms with Crippen LogP contribution >= 0.6 is 0 Å². The second-order valence-electron chi connectivity index (χ2n) is 4.60. The van der Waals surface area contributed by atoms with Gasteiger partial charge in [0.2, 0.25) is 0 Å². The minimum absolute atomic E-state index is 0.395. The van der Waals surface area contributed by atoms with Gasteiger partial charge in [0, 0.05) is 24.8 Å². The van der Waals surface area contributed by atoms with Gasteiger partial charge in [0.05, 0.1) is 5.69 Å². The van der Waals surface area contributed by atoms with Crippen LogP contribution in [0, 0.1) is 0 Å². The van der Waals surface area contributed by atoms with Crippen LogP contribution in [0.15, 0.2) is 24.4 Å². The SMILES string of the molecule is CC(c1ccccn1)N(C)[C@@H]1CCCNC1. The van der Waals surface area contributed by atoms with Crippen LogP contribution in [0.25, 0.3) is 0 Å². The van der Waals surface area contributed by atoms with E-state index in [-0.39, 0.29) is 0 Å². The monoisotopic (exact) mass is 219 g/mol. The summed E-state index contributed by atoms with van der Waals surface area (Å²) in [5.74, 6) is 0. The lowest BCUT2D eigenvalue weighted by atomic mass is 10.0. The molecule has 2 heterocycles. The van der Waals surface area contributed by atoms with Crippen molar-refractivity contribution in [3.63, 3.8) is 0 Å². The normalized spacial score (nSPS) is 23.3. The van der Waals surface area contributed by atoms with Crippen LogP contribution in [-0.4, -0.2) is 36.1 Å². The van der Waals surface area contributed by atoms with Crippen molar-refractivity contribution >= 4 is 0 Å². The number of pyridine rings is 1. The van der Waals surface area contributed by atoms with E-state index in [1.165, 1.54) is 19.4 Å². The Kier molecular flexibility index (Phi) is 3.91. The van der Waals surface area contributed by atoms with Gasteiger partial charge in [-0.15, -0.1) is 0 Å². The van der Waals surface area contributed by atoms with Crippen LogP contribution in [0.3, 0.4) is 0 Å². The zero-order valence-electron chi connectivity index (χ0n) is 10.2. The summed E-state index contributed by atoms with van der Waals surface area (Å²) in [5, 5.41) is 3.46. The summed E-state index contributed by atoms with van der Waals surface area (Å²) in [5.41, 5.74) is 1.16. The van der Waals surface area contributed by atoms with Crippen molar-refractivity contribution in [2.45, 2.75) is 31.8 Å². The van der Waals surface area contributed by atoms with E-state index in [2.05, 4.69) is 41.3 Å². The van der Waals surface area contributed by atoms with Gasteiger partial charge in [0.1, 0.15) is 0 Å². The Morgan fingerprint density at radius 2 is 2.38 bits per heavy atom. The van der Waals surface area contributed by atoms with Gasteiger partial charge in [-0.1, -0.05) is 6.07 Å². The molecule has 2 atom stereocenters. The summed E-state index contributed by atoms with van der Waals surface area (Å²) in [6, 6.07) is 7.18. The van der Waals surface area contributed by atoms with Gasteiger partial charge < -0.3 is 5.32 Å². The molecule has 1 aliphatic rings. The van der Waals surface area contributed by atoms with Crippen molar-refractivity contribution in [2.75, 3.05) is 20.1 Å². The van der Waals surface area contributed by atoms with Crippen LogP contribution in [0.5, 0.6) is 0 Å². The predicted molar refractivity (Wildman–Crippen MR) is 66.3 cm³/mol. The molecule has 1 aromatic rings. The van der Waals surface area contributed by atoms with Crippen molar-refractivity contribution < 1.29 is 0 Å². The molecule has 88 valence electrons. The van der Waals surface area contributed by atoms with Gasteiger partial charge in [0.15, 0.2) is 0 Å². The molecule has 0 saturated carbocycles. The van der Waals surface area contributed by atoms with E-state index in [1.54, 1.807) is 0 Å². The first kappa shape index (κ1) is 11.6. The standard InChI is InChI=1S/C13H21N3/c1-11(13-7-3-4-9-15-13)16(2)12-6-5-8-14-10-12/h3-4,7,9,11-12,14H,5-6,8,10H2,1-2H3/t11?,12-/m1/s1. The van der Waals surface area contributed by atoms with Crippen molar-refractivity contribution in [3.8, 4) is 0 Å². The number of nitrogens with zero attached hydrogens (tertiary/aromatic N) is 2. The highest BCUT2D eigenvalue weighted by Gasteiger charge is 2.22. The van der Waals surface area contributed by atoms with Crippen molar-refractivity contribution in [1.29, 1.82) is 0 Å². The third-order valence-corrected chi connectivity index (χ3v) is 3.57. The summed E-state index contributed by atoms with van der Waals surface area (Å²) in [7, 11) is 2.21. The highest BCUT2D eigenvalue weighted by Crippen LogP contribution is 2.21. The predicted octanol–water partition coefficient (Wildman–Crippen LogP) is 1.83. The fraction of sp³-hybridized carbons (Fsp3) is 0.615. The molecule has 0 aromatic carbocycles. The van der Waals surface area contributed by atoms with Gasteiger partial charge in [-0.25, -0.2) is 0 Å². The fourth-order valence-electron chi connectivity index (χ4n) is 2.33. The van der Waals surface area contributed by atoms with Crippen molar-refractivity contribution in [1.82, 2.24) is 15.2 Å². The lowest BCUT2D eigenvalue weighted by Gasteiger charge is -2.35. The van der Waals surface area contributed by atoms with Gasteiger partial charge in [-0.2, -0.15) is 0 Å². The number of likely N-dealkylation sites (N-methyl/N-ethyl adjacent to an activating group) is 1. The third-order valence-electron chi connectivity index (χ3n) is 3.57. The van der Waals surface area contributed by atoms with Crippen LogP contribution in [0.4, 0.5) is 0 Å². The van der Waals surface area contributed by atoms with E-state index >= 15 is 0 Å². The minimum atomic E-state index is 0.395. The van der Waals surface area contributed by atoms with Gasteiger partial charge in [0.25, 0.3) is 0 Å². The first-order valence-corrected chi connectivity index (χ1v) is 6.12. The van der Waals surface area contributed by atoms with Crippen LogP contribution in [0.2, 0.25) is 0 Å². The molecule has 1 aliphatic heterocycles. The highest BCUT2D eigenvalue weighted by molar-refractivity contribution is 5.08. The average Bonchev–Trinajstić information content (AvgIpc) is 2.39. The Labute approximate surface area is 97.9 Å². The molecule has 3 heteroatoms. The maximum Gasteiger partial charge on any atom is 0.0572 e. The fourth-order valence-corrected chi connectivity index (χ4v) is 2.33. The van der Waals surface area contributed by atoms with E-state index in [0.29, 0.717) is 12.1 Å². The molecular formula is C13H21N3. The smallest absolute Gasteiger partial charge is 0.0572 e. The van der Waals surface area contributed by atoms with E-state index in [1.807, 2.05) is 12.3 Å². The molecule has 0 aliphatic carbocycles. The Bertz CT molecular complexity index is 306. The molecule has 0 amide bonds. The number of aromatic nitrogens is 1. The van der Waals surface area contributed by atoms with Crippen LogP contribution in [0.1, 0.15) is 31.5 Å². The Hall–Kier alpha value is -0.930. The molecule has 16 heavy (non-hydrogen) atoms. The number of hydrogen-bond acceptors (Lipinski definition) is 3. The largest absolute Gasteiger partial charge is 0.315 e. The minimum Gasteiger partial charge on any atom is -0.315 e. The van der Waals surface area contributed by atoms with E-state index in [0.717, 1.165) is 12.2 Å². The molecule has 0 radical (unpaired) electrons. The van der Waals surface area contributed by atoms with Crippen LogP contribution in [-0.2, 0) is 0 Å². The molecular weight excluding hydrogens is 198 g/mol. The third kappa shape index (κ3) is 2.60. The summed E-state index contributed by atoms with van der Waals surface area (Å²) < 4.78 is 0. The second-order valence-corrected chi connectivity index (χ2v) is 4.60. The Balaban J connectivity index is 2.00. The lowest BCUT2D eigenvalue weighted by Crippen LogP contribution is -2.45. The Morgan fingerprint density at radius 3 is 3.00 bits per heavy atom. The number of piperidine rings is 1. The molecule has 1 fully saturated rings. The first-order chi connectivity index (χ1) is 7.79. The summed E-state index contributed by atoms with van der Waals surface area (Å²) in [4.78, 5) is 6.87.